The molecule has 3 rings (SSSR count). The summed E-state index contributed by atoms with van der Waals surface area (Å²) in [5.41, 5.74) is 1.07. The maximum Gasteiger partial charge on any atom is 0.269 e. The number of benzene rings is 1. The summed E-state index contributed by atoms with van der Waals surface area (Å²) < 4.78 is 0. The molecule has 0 spiro atoms. The van der Waals surface area contributed by atoms with Gasteiger partial charge in [0.2, 0.25) is 0 Å². The Morgan fingerprint density at radius 1 is 1.33 bits per heavy atom. The fraction of sp³-hybridized carbons (Fsp3) is 0.533. The molecule has 0 amide bonds. The molecule has 2 heterocycles. The van der Waals surface area contributed by atoms with Crippen LogP contribution >= 0.6 is 11.8 Å². The SMILES string of the molecule is CC.CC.O=[N+]([O-])c1cccc(C2CN3CCSC3=N2)c1. The molecule has 6 heteroatoms. The average molecular weight is 309 g/mol. The van der Waals surface area contributed by atoms with Crippen molar-refractivity contribution in [1.29, 1.82) is 0 Å². The van der Waals surface area contributed by atoms with Gasteiger partial charge in [0.15, 0.2) is 5.17 Å². The van der Waals surface area contributed by atoms with E-state index in [1.54, 1.807) is 23.9 Å². The normalized spacial score (nSPS) is 18.8. The maximum atomic E-state index is 10.7. The minimum atomic E-state index is -0.360. The van der Waals surface area contributed by atoms with E-state index >= 15 is 0 Å². The average Bonchev–Trinajstić information content (AvgIpc) is 3.13. The van der Waals surface area contributed by atoms with Crippen LogP contribution in [0, 0.1) is 10.1 Å². The van der Waals surface area contributed by atoms with Gasteiger partial charge in [-0.1, -0.05) is 51.6 Å². The van der Waals surface area contributed by atoms with Crippen LogP contribution < -0.4 is 0 Å². The second kappa shape index (κ2) is 8.67. The number of nitro groups is 1. The van der Waals surface area contributed by atoms with Crippen LogP contribution in [-0.2, 0) is 0 Å². The molecule has 2 aliphatic heterocycles. The van der Waals surface area contributed by atoms with Crippen molar-refractivity contribution in [2.24, 2.45) is 4.99 Å². The van der Waals surface area contributed by atoms with E-state index in [9.17, 15) is 10.1 Å². The molecule has 1 unspecified atom stereocenters. The predicted molar refractivity (Wildman–Crippen MR) is 90.0 cm³/mol. The van der Waals surface area contributed by atoms with Crippen molar-refractivity contribution >= 4 is 22.6 Å². The Morgan fingerprint density at radius 3 is 2.67 bits per heavy atom. The quantitative estimate of drug-likeness (QED) is 0.609. The molecular weight excluding hydrogens is 286 g/mol. The van der Waals surface area contributed by atoms with Crippen LogP contribution in [0.5, 0.6) is 0 Å². The number of nitro benzene ring substituents is 1. The van der Waals surface area contributed by atoms with Crippen molar-refractivity contribution < 1.29 is 4.92 Å². The number of non-ortho nitro benzene ring substituents is 1. The van der Waals surface area contributed by atoms with Crippen molar-refractivity contribution in [3.05, 3.63) is 39.9 Å². The molecule has 21 heavy (non-hydrogen) atoms. The van der Waals surface area contributed by atoms with Gasteiger partial charge in [-0.3, -0.25) is 15.1 Å². The zero-order chi connectivity index (χ0) is 15.8. The largest absolute Gasteiger partial charge is 0.348 e. The van der Waals surface area contributed by atoms with E-state index < -0.39 is 0 Å². The van der Waals surface area contributed by atoms with E-state index in [4.69, 9.17) is 0 Å². The Bertz CT molecular complexity index is 505. The Kier molecular flexibility index (Phi) is 7.22. The molecule has 1 fully saturated rings. The first kappa shape index (κ1) is 17.5. The van der Waals surface area contributed by atoms with Gasteiger partial charge in [-0.2, -0.15) is 0 Å². The van der Waals surface area contributed by atoms with Crippen molar-refractivity contribution in [3.63, 3.8) is 0 Å². The van der Waals surface area contributed by atoms with Gasteiger partial charge in [0, 0.05) is 31.0 Å². The highest BCUT2D eigenvalue weighted by molar-refractivity contribution is 8.14. The third kappa shape index (κ3) is 4.20. The molecular formula is C15H23N3O2S. The third-order valence-electron chi connectivity index (χ3n) is 2.99. The number of fused-ring (bicyclic) bond motifs is 1. The molecule has 0 N–H and O–H groups in total. The van der Waals surface area contributed by atoms with Crippen molar-refractivity contribution in [3.8, 4) is 0 Å². The van der Waals surface area contributed by atoms with E-state index in [0.717, 1.165) is 29.6 Å². The predicted octanol–water partition coefficient (Wildman–Crippen LogP) is 4.11. The first-order valence-corrected chi connectivity index (χ1v) is 8.42. The topological polar surface area (TPSA) is 58.7 Å². The number of hydrogen-bond acceptors (Lipinski definition) is 5. The van der Waals surface area contributed by atoms with E-state index in [2.05, 4.69) is 9.89 Å². The fourth-order valence-electron chi connectivity index (χ4n) is 2.13. The lowest BCUT2D eigenvalue weighted by Crippen LogP contribution is -2.21. The van der Waals surface area contributed by atoms with Crippen molar-refractivity contribution in [1.82, 2.24) is 4.90 Å². The minimum absolute atomic E-state index is 0.0534. The highest BCUT2D eigenvalue weighted by Crippen LogP contribution is 2.33. The lowest BCUT2D eigenvalue weighted by atomic mass is 10.1. The third-order valence-corrected chi connectivity index (χ3v) is 4.00. The van der Waals surface area contributed by atoms with Gasteiger partial charge in [0.05, 0.1) is 11.0 Å². The molecule has 1 saturated heterocycles. The second-order valence-electron chi connectivity index (χ2n) is 4.07. The summed E-state index contributed by atoms with van der Waals surface area (Å²) in [5.74, 6) is 1.10. The molecule has 0 saturated carbocycles. The zero-order valence-corrected chi connectivity index (χ0v) is 13.9. The van der Waals surface area contributed by atoms with Gasteiger partial charge < -0.3 is 4.90 Å². The van der Waals surface area contributed by atoms with Gasteiger partial charge >= 0.3 is 0 Å². The second-order valence-corrected chi connectivity index (χ2v) is 5.14. The Hall–Kier alpha value is -1.56. The number of amidine groups is 1. The zero-order valence-electron chi connectivity index (χ0n) is 13.1. The van der Waals surface area contributed by atoms with Crippen LogP contribution in [0.1, 0.15) is 39.3 Å². The lowest BCUT2D eigenvalue weighted by Gasteiger charge is -2.12. The minimum Gasteiger partial charge on any atom is -0.348 e. The van der Waals surface area contributed by atoms with Crippen LogP contribution in [0.3, 0.4) is 0 Å². The van der Waals surface area contributed by atoms with E-state index in [1.165, 1.54) is 6.07 Å². The number of thioether (sulfide) groups is 1. The van der Waals surface area contributed by atoms with Crippen molar-refractivity contribution in [2.75, 3.05) is 18.8 Å². The number of aliphatic imine (C=N–C) groups is 1. The number of rotatable bonds is 2. The van der Waals surface area contributed by atoms with E-state index in [0.29, 0.717) is 0 Å². The fourth-order valence-corrected chi connectivity index (χ4v) is 3.18. The van der Waals surface area contributed by atoms with Crippen LogP contribution in [0.25, 0.3) is 0 Å². The van der Waals surface area contributed by atoms with Crippen LogP contribution in [0.15, 0.2) is 29.3 Å². The molecule has 0 aliphatic carbocycles. The molecule has 1 aromatic carbocycles. The maximum absolute atomic E-state index is 10.7. The highest BCUT2D eigenvalue weighted by atomic mass is 32.2. The molecule has 2 aliphatic rings. The van der Waals surface area contributed by atoms with Crippen LogP contribution in [-0.4, -0.2) is 33.8 Å². The van der Waals surface area contributed by atoms with Crippen molar-refractivity contribution in [2.45, 2.75) is 33.7 Å². The molecule has 0 bridgehead atoms. The molecule has 1 atom stereocenters. The molecule has 0 aromatic heterocycles. The standard InChI is InChI=1S/C11H11N3O2S.2C2H6/c15-14(16)9-3-1-2-8(6-9)10-7-13-4-5-17-11(13)12-10;2*1-2/h1-3,6,10H,4-5,7H2;2*1-2H3. The van der Waals surface area contributed by atoms with E-state index in [-0.39, 0.29) is 16.7 Å². The molecule has 5 nitrogen and oxygen atoms in total. The van der Waals surface area contributed by atoms with Crippen LogP contribution in [0.4, 0.5) is 5.69 Å². The summed E-state index contributed by atoms with van der Waals surface area (Å²) >= 11 is 1.76. The lowest BCUT2D eigenvalue weighted by molar-refractivity contribution is -0.384. The molecule has 1 aromatic rings. The summed E-state index contributed by atoms with van der Waals surface area (Å²) in [6, 6.07) is 6.83. The summed E-state index contributed by atoms with van der Waals surface area (Å²) in [6.07, 6.45) is 0. The number of hydrogen-bond donors (Lipinski definition) is 0. The van der Waals surface area contributed by atoms with E-state index in [1.807, 2.05) is 33.8 Å². The van der Waals surface area contributed by atoms with Crippen LogP contribution in [0.2, 0.25) is 0 Å². The van der Waals surface area contributed by atoms with Gasteiger partial charge in [-0.25, -0.2) is 0 Å². The Morgan fingerprint density at radius 2 is 2.05 bits per heavy atom. The summed E-state index contributed by atoms with van der Waals surface area (Å²) in [7, 11) is 0. The van der Waals surface area contributed by atoms with Gasteiger partial charge in [-0.15, -0.1) is 0 Å². The Balaban J connectivity index is 0.000000510. The number of nitrogens with zero attached hydrogens (tertiary/aromatic N) is 3. The van der Waals surface area contributed by atoms with Gasteiger partial charge in [0.1, 0.15) is 0 Å². The van der Waals surface area contributed by atoms with Gasteiger partial charge in [-0.05, 0) is 5.56 Å². The summed E-state index contributed by atoms with van der Waals surface area (Å²) in [5, 5.41) is 11.8. The monoisotopic (exact) mass is 309 g/mol. The first-order valence-electron chi connectivity index (χ1n) is 7.44. The Labute approximate surface area is 130 Å². The summed E-state index contributed by atoms with van der Waals surface area (Å²) in [4.78, 5) is 17.2. The van der Waals surface area contributed by atoms with Gasteiger partial charge in [0.25, 0.3) is 5.69 Å². The molecule has 116 valence electrons. The highest BCUT2D eigenvalue weighted by Gasteiger charge is 2.30. The smallest absolute Gasteiger partial charge is 0.269 e. The summed E-state index contributed by atoms with van der Waals surface area (Å²) in [6.45, 7) is 9.89. The molecule has 0 radical (unpaired) electrons. The first-order chi connectivity index (χ1) is 10.2.